The lowest BCUT2D eigenvalue weighted by molar-refractivity contribution is 0.531. The highest BCUT2D eigenvalue weighted by Crippen LogP contribution is 2.29. The molecule has 1 atom stereocenters. The lowest BCUT2D eigenvalue weighted by atomic mass is 10.1. The number of imidazole rings is 1. The molecule has 18 heavy (non-hydrogen) atoms. The molecule has 3 nitrogen and oxygen atoms in total. The van der Waals surface area contributed by atoms with E-state index in [1.54, 1.807) is 18.6 Å². The standard InChI is InChI=1S/C13H15Cl2N3/c1-10(11-3-2-4-12(14)13(11)15)17-6-8-18-7-5-16-9-18/h2-5,7,9-10,17H,6,8H2,1H3. The van der Waals surface area contributed by atoms with E-state index >= 15 is 0 Å². The van der Waals surface area contributed by atoms with E-state index in [4.69, 9.17) is 23.2 Å². The van der Waals surface area contributed by atoms with Gasteiger partial charge in [0.2, 0.25) is 0 Å². The molecule has 0 aliphatic rings. The first-order valence-corrected chi connectivity index (χ1v) is 6.57. The summed E-state index contributed by atoms with van der Waals surface area (Å²) in [5, 5.41) is 4.64. The summed E-state index contributed by atoms with van der Waals surface area (Å²) in [6.45, 7) is 3.80. The summed E-state index contributed by atoms with van der Waals surface area (Å²) in [4.78, 5) is 4.00. The minimum absolute atomic E-state index is 0.166. The molecule has 0 spiro atoms. The maximum atomic E-state index is 6.18. The molecule has 0 aliphatic carbocycles. The normalized spacial score (nSPS) is 12.6. The van der Waals surface area contributed by atoms with Crippen molar-refractivity contribution in [1.82, 2.24) is 14.9 Å². The fourth-order valence-electron chi connectivity index (χ4n) is 1.79. The smallest absolute Gasteiger partial charge is 0.0946 e. The van der Waals surface area contributed by atoms with Gasteiger partial charge in [-0.2, -0.15) is 0 Å². The van der Waals surface area contributed by atoms with E-state index in [0.717, 1.165) is 18.7 Å². The van der Waals surface area contributed by atoms with Gasteiger partial charge in [0.25, 0.3) is 0 Å². The Balaban J connectivity index is 1.91. The lowest BCUT2D eigenvalue weighted by Gasteiger charge is -2.16. The predicted octanol–water partition coefficient (Wildman–Crippen LogP) is 3.54. The van der Waals surface area contributed by atoms with E-state index < -0.39 is 0 Å². The largest absolute Gasteiger partial charge is 0.336 e. The van der Waals surface area contributed by atoms with Crippen LogP contribution in [0.3, 0.4) is 0 Å². The van der Waals surface area contributed by atoms with Crippen LogP contribution in [0.5, 0.6) is 0 Å². The fraction of sp³-hybridized carbons (Fsp3) is 0.308. The van der Waals surface area contributed by atoms with Crippen LogP contribution in [0.25, 0.3) is 0 Å². The van der Waals surface area contributed by atoms with Crippen LogP contribution in [0.4, 0.5) is 0 Å². The van der Waals surface area contributed by atoms with E-state index in [9.17, 15) is 0 Å². The van der Waals surface area contributed by atoms with Crippen molar-refractivity contribution in [3.05, 3.63) is 52.5 Å². The molecule has 1 aromatic heterocycles. The first kappa shape index (κ1) is 13.4. The van der Waals surface area contributed by atoms with Crippen molar-refractivity contribution in [2.75, 3.05) is 6.54 Å². The van der Waals surface area contributed by atoms with Crippen LogP contribution < -0.4 is 5.32 Å². The number of halogens is 2. The Kier molecular flexibility index (Phi) is 4.64. The quantitative estimate of drug-likeness (QED) is 0.910. The number of nitrogens with zero attached hydrogens (tertiary/aromatic N) is 2. The zero-order valence-electron chi connectivity index (χ0n) is 10.1. The number of rotatable bonds is 5. The third-order valence-electron chi connectivity index (χ3n) is 2.83. The average Bonchev–Trinajstić information content (AvgIpc) is 2.85. The Morgan fingerprint density at radius 1 is 1.39 bits per heavy atom. The number of aromatic nitrogens is 2. The molecule has 0 radical (unpaired) electrons. The summed E-state index contributed by atoms with van der Waals surface area (Å²) in [5.74, 6) is 0. The number of nitrogens with one attached hydrogen (secondary N) is 1. The van der Waals surface area contributed by atoms with Crippen molar-refractivity contribution in [2.45, 2.75) is 19.5 Å². The molecular weight excluding hydrogens is 269 g/mol. The van der Waals surface area contributed by atoms with Crippen molar-refractivity contribution in [1.29, 1.82) is 0 Å². The van der Waals surface area contributed by atoms with Crippen molar-refractivity contribution in [2.24, 2.45) is 0 Å². The van der Waals surface area contributed by atoms with Crippen molar-refractivity contribution < 1.29 is 0 Å². The van der Waals surface area contributed by atoms with Crippen LogP contribution >= 0.6 is 23.2 Å². The van der Waals surface area contributed by atoms with E-state index in [0.29, 0.717) is 10.0 Å². The molecule has 0 saturated carbocycles. The molecule has 2 aromatic rings. The minimum Gasteiger partial charge on any atom is -0.336 e. The molecule has 0 saturated heterocycles. The monoisotopic (exact) mass is 283 g/mol. The zero-order valence-corrected chi connectivity index (χ0v) is 11.6. The highest BCUT2D eigenvalue weighted by Gasteiger charge is 2.10. The summed E-state index contributed by atoms with van der Waals surface area (Å²) in [6, 6.07) is 5.87. The van der Waals surface area contributed by atoms with Gasteiger partial charge in [-0.3, -0.25) is 0 Å². The van der Waals surface area contributed by atoms with E-state index in [1.807, 2.05) is 22.9 Å². The number of hydrogen-bond acceptors (Lipinski definition) is 2. The highest BCUT2D eigenvalue weighted by atomic mass is 35.5. The van der Waals surface area contributed by atoms with Gasteiger partial charge in [0.15, 0.2) is 0 Å². The van der Waals surface area contributed by atoms with Crippen LogP contribution in [0.2, 0.25) is 10.0 Å². The van der Waals surface area contributed by atoms with Gasteiger partial charge >= 0.3 is 0 Å². The van der Waals surface area contributed by atoms with E-state index in [1.165, 1.54) is 0 Å². The van der Waals surface area contributed by atoms with Crippen LogP contribution in [-0.2, 0) is 6.54 Å². The second-order valence-corrected chi connectivity index (χ2v) is 4.90. The number of benzene rings is 1. The molecule has 0 bridgehead atoms. The maximum absolute atomic E-state index is 6.18. The van der Waals surface area contributed by atoms with Crippen LogP contribution in [-0.4, -0.2) is 16.1 Å². The predicted molar refractivity (Wildman–Crippen MR) is 75.1 cm³/mol. The molecule has 1 unspecified atom stereocenters. The van der Waals surface area contributed by atoms with E-state index in [-0.39, 0.29) is 6.04 Å². The molecule has 1 N–H and O–H groups in total. The van der Waals surface area contributed by atoms with E-state index in [2.05, 4.69) is 17.2 Å². The number of hydrogen-bond donors (Lipinski definition) is 1. The molecule has 96 valence electrons. The summed E-state index contributed by atoms with van der Waals surface area (Å²) < 4.78 is 2.03. The maximum Gasteiger partial charge on any atom is 0.0946 e. The fourth-order valence-corrected chi connectivity index (χ4v) is 2.27. The topological polar surface area (TPSA) is 29.9 Å². The molecule has 2 rings (SSSR count). The summed E-state index contributed by atoms with van der Waals surface area (Å²) in [7, 11) is 0. The van der Waals surface area contributed by atoms with Gasteiger partial charge in [0.1, 0.15) is 0 Å². The Bertz CT molecular complexity index is 497. The molecule has 0 aliphatic heterocycles. The molecule has 0 amide bonds. The lowest BCUT2D eigenvalue weighted by Crippen LogP contribution is -2.23. The van der Waals surface area contributed by atoms with Crippen LogP contribution in [0.15, 0.2) is 36.9 Å². The Hall–Kier alpha value is -1.03. The van der Waals surface area contributed by atoms with Gasteiger partial charge in [-0.1, -0.05) is 35.3 Å². The average molecular weight is 284 g/mol. The van der Waals surface area contributed by atoms with Gasteiger partial charge in [-0.15, -0.1) is 0 Å². The Labute approximate surface area is 117 Å². The SMILES string of the molecule is CC(NCCn1ccnc1)c1cccc(Cl)c1Cl. The molecular formula is C13H15Cl2N3. The second-order valence-electron chi connectivity index (χ2n) is 4.12. The van der Waals surface area contributed by atoms with Gasteiger partial charge < -0.3 is 9.88 Å². The molecule has 1 heterocycles. The van der Waals surface area contributed by atoms with Gasteiger partial charge in [0, 0.05) is 31.5 Å². The van der Waals surface area contributed by atoms with Crippen molar-refractivity contribution in [3.8, 4) is 0 Å². The van der Waals surface area contributed by atoms with Gasteiger partial charge in [0.05, 0.1) is 16.4 Å². The highest BCUT2D eigenvalue weighted by molar-refractivity contribution is 6.42. The molecule has 5 heteroatoms. The summed E-state index contributed by atoms with van der Waals surface area (Å²) >= 11 is 12.2. The van der Waals surface area contributed by atoms with Crippen LogP contribution in [0.1, 0.15) is 18.5 Å². The third kappa shape index (κ3) is 3.25. The summed E-state index contributed by atoms with van der Waals surface area (Å²) in [5.41, 5.74) is 1.02. The third-order valence-corrected chi connectivity index (χ3v) is 3.66. The summed E-state index contributed by atoms with van der Waals surface area (Å²) in [6.07, 6.45) is 5.52. The van der Waals surface area contributed by atoms with Crippen LogP contribution in [0, 0.1) is 0 Å². The second kappa shape index (κ2) is 6.23. The zero-order chi connectivity index (χ0) is 13.0. The van der Waals surface area contributed by atoms with Crippen molar-refractivity contribution in [3.63, 3.8) is 0 Å². The first-order valence-electron chi connectivity index (χ1n) is 5.81. The van der Waals surface area contributed by atoms with Crippen molar-refractivity contribution >= 4 is 23.2 Å². The van der Waals surface area contributed by atoms with Gasteiger partial charge in [-0.05, 0) is 18.6 Å². The Morgan fingerprint density at radius 3 is 2.94 bits per heavy atom. The molecule has 1 aromatic carbocycles. The minimum atomic E-state index is 0.166. The first-order chi connectivity index (χ1) is 8.68. The Morgan fingerprint density at radius 2 is 2.22 bits per heavy atom. The van der Waals surface area contributed by atoms with Gasteiger partial charge in [-0.25, -0.2) is 4.98 Å². The molecule has 0 fully saturated rings.